The van der Waals surface area contributed by atoms with Crippen molar-refractivity contribution in [1.82, 2.24) is 10.4 Å². The third-order valence-corrected chi connectivity index (χ3v) is 5.23. The van der Waals surface area contributed by atoms with E-state index in [1.54, 1.807) is 11.3 Å². The van der Waals surface area contributed by atoms with Crippen molar-refractivity contribution in [2.75, 3.05) is 0 Å². The van der Waals surface area contributed by atoms with E-state index in [-0.39, 0.29) is 6.04 Å². The van der Waals surface area contributed by atoms with E-state index in [1.807, 2.05) is 31.2 Å². The van der Waals surface area contributed by atoms with E-state index in [4.69, 9.17) is 10.3 Å². The van der Waals surface area contributed by atoms with Gasteiger partial charge in [0.05, 0.1) is 21.2 Å². The molecule has 1 unspecified atom stereocenters. The number of aromatic nitrogens is 1. The van der Waals surface area contributed by atoms with Crippen molar-refractivity contribution in [2.45, 2.75) is 26.3 Å². The lowest BCUT2D eigenvalue weighted by atomic mass is 10.1. The fourth-order valence-corrected chi connectivity index (χ4v) is 3.70. The smallest absolute Gasteiger partial charge is 0.148 e. The molecule has 3 N–H and O–H groups in total. The van der Waals surface area contributed by atoms with Gasteiger partial charge in [0.25, 0.3) is 0 Å². The predicted octanol–water partition coefficient (Wildman–Crippen LogP) is 4.02. The lowest BCUT2D eigenvalue weighted by Crippen LogP contribution is -2.29. The number of nitrogens with two attached hydrogens (primary N) is 1. The van der Waals surface area contributed by atoms with Gasteiger partial charge in [-0.05, 0) is 41.9 Å². The molecule has 2 aromatic heterocycles. The minimum atomic E-state index is -0.0887. The molecule has 110 valence electrons. The molecule has 4 nitrogen and oxygen atoms in total. The van der Waals surface area contributed by atoms with Crippen molar-refractivity contribution < 1.29 is 4.42 Å². The average Bonchev–Trinajstić information content (AvgIpc) is 3.01. The zero-order valence-electron chi connectivity index (χ0n) is 11.8. The first-order valence-electron chi connectivity index (χ1n) is 6.65. The standard InChI is InChI=1S/C15H16BrN3OS/c1-8-9(2)21-14(18-8)7-12(19-17)13-6-10-4-3-5-11(16)15(10)20-13/h3-6,12,19H,7,17H2,1-2H3. The summed E-state index contributed by atoms with van der Waals surface area (Å²) in [5, 5.41) is 2.12. The molecule has 3 aromatic rings. The highest BCUT2D eigenvalue weighted by molar-refractivity contribution is 9.10. The van der Waals surface area contributed by atoms with Crippen LogP contribution in [0, 0.1) is 13.8 Å². The van der Waals surface area contributed by atoms with Crippen LogP contribution in [0.3, 0.4) is 0 Å². The van der Waals surface area contributed by atoms with Gasteiger partial charge in [-0.15, -0.1) is 11.3 Å². The molecule has 0 aliphatic heterocycles. The lowest BCUT2D eigenvalue weighted by Gasteiger charge is -2.11. The number of hydrogen-bond acceptors (Lipinski definition) is 5. The minimum absolute atomic E-state index is 0.0887. The van der Waals surface area contributed by atoms with Gasteiger partial charge in [-0.2, -0.15) is 0 Å². The van der Waals surface area contributed by atoms with Crippen molar-refractivity contribution in [3.8, 4) is 0 Å². The highest BCUT2D eigenvalue weighted by Crippen LogP contribution is 2.31. The average molecular weight is 366 g/mol. The van der Waals surface area contributed by atoms with E-state index in [9.17, 15) is 0 Å². The Morgan fingerprint density at radius 1 is 1.43 bits per heavy atom. The van der Waals surface area contributed by atoms with E-state index >= 15 is 0 Å². The first kappa shape index (κ1) is 14.7. The molecule has 0 fully saturated rings. The second kappa shape index (κ2) is 5.88. The molecule has 1 atom stereocenters. The van der Waals surface area contributed by atoms with Gasteiger partial charge in [0.2, 0.25) is 0 Å². The van der Waals surface area contributed by atoms with Crippen LogP contribution in [0.5, 0.6) is 0 Å². The van der Waals surface area contributed by atoms with Gasteiger partial charge in [0.15, 0.2) is 0 Å². The predicted molar refractivity (Wildman–Crippen MR) is 89.3 cm³/mol. The molecule has 3 rings (SSSR count). The molecule has 0 saturated carbocycles. The summed E-state index contributed by atoms with van der Waals surface area (Å²) in [6.07, 6.45) is 0.716. The quantitative estimate of drug-likeness (QED) is 0.541. The Kier molecular flexibility index (Phi) is 4.12. The normalized spacial score (nSPS) is 13.0. The zero-order chi connectivity index (χ0) is 15.0. The van der Waals surface area contributed by atoms with Crippen LogP contribution in [0.1, 0.15) is 27.4 Å². The van der Waals surface area contributed by atoms with E-state index in [2.05, 4.69) is 33.3 Å². The van der Waals surface area contributed by atoms with Gasteiger partial charge < -0.3 is 4.42 Å². The van der Waals surface area contributed by atoms with Crippen molar-refractivity contribution in [3.63, 3.8) is 0 Å². The molecule has 0 bridgehead atoms. The SMILES string of the molecule is Cc1nc(CC(NN)c2cc3cccc(Br)c3o2)sc1C. The van der Waals surface area contributed by atoms with Crippen molar-refractivity contribution in [2.24, 2.45) is 5.84 Å². The fourth-order valence-electron chi connectivity index (χ4n) is 2.26. The summed E-state index contributed by atoms with van der Waals surface area (Å²) >= 11 is 5.21. The number of hydrazine groups is 1. The van der Waals surface area contributed by atoms with Gasteiger partial charge >= 0.3 is 0 Å². The Balaban J connectivity index is 1.92. The first-order valence-corrected chi connectivity index (χ1v) is 8.26. The van der Waals surface area contributed by atoms with Crippen LogP contribution in [0.4, 0.5) is 0 Å². The molecular formula is C15H16BrN3OS. The number of para-hydroxylation sites is 1. The van der Waals surface area contributed by atoms with Crippen LogP contribution in [0.25, 0.3) is 11.0 Å². The Hall–Kier alpha value is -1.21. The molecule has 2 heterocycles. The van der Waals surface area contributed by atoms with Crippen molar-refractivity contribution in [1.29, 1.82) is 0 Å². The maximum Gasteiger partial charge on any atom is 0.148 e. The van der Waals surface area contributed by atoms with Crippen LogP contribution in [-0.4, -0.2) is 4.98 Å². The third kappa shape index (κ3) is 2.89. The molecule has 0 aliphatic carbocycles. The number of aryl methyl sites for hydroxylation is 2. The van der Waals surface area contributed by atoms with Gasteiger partial charge in [-0.3, -0.25) is 5.84 Å². The van der Waals surface area contributed by atoms with Crippen LogP contribution in [0.2, 0.25) is 0 Å². The Labute approximate surface area is 135 Å². The van der Waals surface area contributed by atoms with Crippen LogP contribution in [0.15, 0.2) is 33.2 Å². The molecule has 0 radical (unpaired) electrons. The number of benzene rings is 1. The van der Waals surface area contributed by atoms with Gasteiger partial charge in [0, 0.05) is 16.7 Å². The van der Waals surface area contributed by atoms with Crippen LogP contribution in [-0.2, 0) is 6.42 Å². The van der Waals surface area contributed by atoms with Gasteiger partial charge in [-0.1, -0.05) is 12.1 Å². The topological polar surface area (TPSA) is 64.1 Å². The summed E-state index contributed by atoms with van der Waals surface area (Å²) < 4.78 is 6.90. The number of fused-ring (bicyclic) bond motifs is 1. The van der Waals surface area contributed by atoms with Crippen molar-refractivity contribution in [3.05, 3.63) is 50.1 Å². The van der Waals surface area contributed by atoms with E-state index in [0.29, 0.717) is 6.42 Å². The maximum atomic E-state index is 5.95. The first-order chi connectivity index (χ1) is 10.1. The molecule has 0 saturated heterocycles. The summed E-state index contributed by atoms with van der Waals surface area (Å²) in [4.78, 5) is 5.81. The highest BCUT2D eigenvalue weighted by atomic mass is 79.9. The number of halogens is 1. The second-order valence-electron chi connectivity index (χ2n) is 4.98. The monoisotopic (exact) mass is 365 g/mol. The highest BCUT2D eigenvalue weighted by Gasteiger charge is 2.18. The van der Waals surface area contributed by atoms with Gasteiger partial charge in [-0.25, -0.2) is 10.4 Å². The summed E-state index contributed by atoms with van der Waals surface area (Å²) in [5.74, 6) is 6.54. The van der Waals surface area contributed by atoms with Gasteiger partial charge in [0.1, 0.15) is 11.3 Å². The number of thiazole rings is 1. The summed E-state index contributed by atoms with van der Waals surface area (Å²) in [5.41, 5.74) is 4.76. The number of nitrogens with one attached hydrogen (secondary N) is 1. The summed E-state index contributed by atoms with van der Waals surface area (Å²) in [6.45, 7) is 4.11. The third-order valence-electron chi connectivity index (χ3n) is 3.51. The van der Waals surface area contributed by atoms with Crippen LogP contribution < -0.4 is 11.3 Å². The molecule has 0 aliphatic rings. The number of nitrogens with zero attached hydrogens (tertiary/aromatic N) is 1. The molecular weight excluding hydrogens is 350 g/mol. The summed E-state index contributed by atoms with van der Waals surface area (Å²) in [7, 11) is 0. The van der Waals surface area contributed by atoms with E-state index < -0.39 is 0 Å². The Morgan fingerprint density at radius 3 is 2.86 bits per heavy atom. The summed E-state index contributed by atoms with van der Waals surface area (Å²) in [6, 6.07) is 7.92. The molecule has 1 aromatic carbocycles. The number of furan rings is 1. The fraction of sp³-hybridized carbons (Fsp3) is 0.267. The molecule has 6 heteroatoms. The molecule has 0 amide bonds. The Morgan fingerprint density at radius 2 is 2.24 bits per heavy atom. The molecule has 0 spiro atoms. The van der Waals surface area contributed by atoms with Crippen LogP contribution >= 0.6 is 27.3 Å². The Bertz CT molecular complexity index is 761. The largest absolute Gasteiger partial charge is 0.458 e. The van der Waals surface area contributed by atoms with E-state index in [0.717, 1.165) is 31.9 Å². The number of rotatable bonds is 4. The maximum absolute atomic E-state index is 5.95. The zero-order valence-corrected chi connectivity index (χ0v) is 14.2. The lowest BCUT2D eigenvalue weighted by molar-refractivity contribution is 0.433. The number of hydrogen-bond donors (Lipinski definition) is 2. The second-order valence-corrected chi connectivity index (χ2v) is 7.12. The van der Waals surface area contributed by atoms with Crippen molar-refractivity contribution >= 4 is 38.2 Å². The minimum Gasteiger partial charge on any atom is -0.458 e. The molecule has 21 heavy (non-hydrogen) atoms. The van der Waals surface area contributed by atoms with E-state index in [1.165, 1.54) is 4.88 Å².